The lowest BCUT2D eigenvalue weighted by Gasteiger charge is -2.31. The van der Waals surface area contributed by atoms with Gasteiger partial charge in [0.1, 0.15) is 11.9 Å². The molecule has 5 nitrogen and oxygen atoms in total. The Bertz CT molecular complexity index is 660. The molecule has 1 saturated carbocycles. The first-order valence-corrected chi connectivity index (χ1v) is 9.04. The molecular formula is C19H26FN3O2. The minimum Gasteiger partial charge on any atom is -0.338 e. The number of amides is 3. The van der Waals surface area contributed by atoms with E-state index in [-0.39, 0.29) is 35.9 Å². The maximum Gasteiger partial charge on any atom is 0.318 e. The van der Waals surface area contributed by atoms with Crippen LogP contribution in [0.2, 0.25) is 0 Å². The third kappa shape index (κ3) is 3.62. The Morgan fingerprint density at radius 2 is 1.92 bits per heavy atom. The number of hydrogen-bond acceptors (Lipinski definition) is 2. The summed E-state index contributed by atoms with van der Waals surface area (Å²) in [5, 5.41) is 2.88. The summed E-state index contributed by atoms with van der Waals surface area (Å²) >= 11 is 0. The van der Waals surface area contributed by atoms with E-state index in [1.807, 2.05) is 20.8 Å². The molecule has 0 spiro atoms. The van der Waals surface area contributed by atoms with Crippen LogP contribution in [-0.2, 0) is 4.79 Å². The Balaban J connectivity index is 1.72. The fraction of sp³-hybridized carbons (Fsp3) is 0.579. The van der Waals surface area contributed by atoms with Crippen molar-refractivity contribution >= 4 is 11.9 Å². The van der Waals surface area contributed by atoms with E-state index >= 15 is 0 Å². The number of urea groups is 1. The molecule has 1 aliphatic heterocycles. The Morgan fingerprint density at radius 1 is 1.24 bits per heavy atom. The molecule has 25 heavy (non-hydrogen) atoms. The van der Waals surface area contributed by atoms with Crippen molar-refractivity contribution in [2.45, 2.75) is 64.2 Å². The van der Waals surface area contributed by atoms with Gasteiger partial charge < -0.3 is 15.1 Å². The van der Waals surface area contributed by atoms with Crippen molar-refractivity contribution in [3.8, 4) is 0 Å². The van der Waals surface area contributed by atoms with Crippen LogP contribution in [0.25, 0.3) is 0 Å². The van der Waals surface area contributed by atoms with Gasteiger partial charge in [-0.05, 0) is 46.1 Å². The minimum atomic E-state index is -0.482. The van der Waals surface area contributed by atoms with Crippen molar-refractivity contribution in [3.63, 3.8) is 0 Å². The molecule has 136 valence electrons. The summed E-state index contributed by atoms with van der Waals surface area (Å²) in [6.07, 6.45) is 2.46. The predicted octanol–water partition coefficient (Wildman–Crippen LogP) is 3.07. The number of carbonyl (C=O) groups excluding carboxylic acids is 2. The number of rotatable bonds is 5. The first-order valence-electron chi connectivity index (χ1n) is 9.04. The number of likely N-dealkylation sites (tertiary alicyclic amines) is 1. The zero-order valence-corrected chi connectivity index (χ0v) is 15.0. The number of nitrogens with one attached hydrogen (secondary N) is 1. The Morgan fingerprint density at radius 3 is 2.48 bits per heavy atom. The van der Waals surface area contributed by atoms with Gasteiger partial charge in [-0.3, -0.25) is 4.79 Å². The monoisotopic (exact) mass is 347 g/mol. The lowest BCUT2D eigenvalue weighted by molar-refractivity contribution is -0.130. The van der Waals surface area contributed by atoms with Gasteiger partial charge in [0, 0.05) is 24.2 Å². The van der Waals surface area contributed by atoms with Crippen LogP contribution in [0, 0.1) is 5.82 Å². The van der Waals surface area contributed by atoms with E-state index in [2.05, 4.69) is 5.32 Å². The van der Waals surface area contributed by atoms with Crippen LogP contribution in [-0.4, -0.2) is 46.4 Å². The van der Waals surface area contributed by atoms with E-state index in [0.717, 1.165) is 12.8 Å². The number of benzene rings is 1. The molecule has 2 aliphatic rings. The molecule has 0 radical (unpaired) electrons. The van der Waals surface area contributed by atoms with Gasteiger partial charge in [-0.1, -0.05) is 18.2 Å². The maximum atomic E-state index is 14.1. The second-order valence-electron chi connectivity index (χ2n) is 7.25. The van der Waals surface area contributed by atoms with E-state index in [0.29, 0.717) is 18.5 Å². The molecule has 3 rings (SSSR count). The Labute approximate surface area is 148 Å². The average molecular weight is 347 g/mol. The fourth-order valence-corrected chi connectivity index (χ4v) is 3.55. The van der Waals surface area contributed by atoms with Crippen LogP contribution < -0.4 is 5.32 Å². The minimum absolute atomic E-state index is 0.0300. The molecule has 0 aromatic heterocycles. The number of nitrogens with zero attached hydrogens (tertiary/aromatic N) is 2. The molecule has 1 saturated heterocycles. The quantitative estimate of drug-likeness (QED) is 0.890. The standard InChI is InChI=1S/C19H26FN3O2/c1-12(2)22-11-10-17(18(22)24)21-19(25)23(14-8-9-14)13(3)15-6-4-5-7-16(15)20/h4-7,12-14,17H,8-11H2,1-3H3,(H,21,25)/t13-,17+/m0/s1. The van der Waals surface area contributed by atoms with Crippen molar-refractivity contribution in [3.05, 3.63) is 35.6 Å². The number of carbonyl (C=O) groups is 2. The fourth-order valence-electron chi connectivity index (χ4n) is 3.55. The van der Waals surface area contributed by atoms with Crippen molar-refractivity contribution in [1.82, 2.24) is 15.1 Å². The highest BCUT2D eigenvalue weighted by Crippen LogP contribution is 2.35. The van der Waals surface area contributed by atoms with Crippen molar-refractivity contribution in [1.29, 1.82) is 0 Å². The van der Waals surface area contributed by atoms with E-state index in [1.54, 1.807) is 28.0 Å². The third-order valence-corrected chi connectivity index (χ3v) is 5.11. The van der Waals surface area contributed by atoms with Crippen LogP contribution in [0.15, 0.2) is 24.3 Å². The van der Waals surface area contributed by atoms with E-state index in [1.165, 1.54) is 6.07 Å². The molecule has 1 N–H and O–H groups in total. The first kappa shape index (κ1) is 17.7. The summed E-state index contributed by atoms with van der Waals surface area (Å²) in [4.78, 5) is 28.8. The molecule has 1 aromatic carbocycles. The van der Waals surface area contributed by atoms with Crippen molar-refractivity contribution in [2.75, 3.05) is 6.54 Å². The summed E-state index contributed by atoms with van der Waals surface area (Å²) in [7, 11) is 0. The summed E-state index contributed by atoms with van der Waals surface area (Å²) in [6.45, 7) is 6.44. The largest absolute Gasteiger partial charge is 0.338 e. The van der Waals surface area contributed by atoms with Crippen LogP contribution in [0.1, 0.15) is 51.6 Å². The van der Waals surface area contributed by atoms with Crippen LogP contribution >= 0.6 is 0 Å². The van der Waals surface area contributed by atoms with E-state index < -0.39 is 6.04 Å². The molecule has 1 aromatic rings. The molecule has 1 heterocycles. The van der Waals surface area contributed by atoms with Crippen molar-refractivity contribution in [2.24, 2.45) is 0 Å². The van der Waals surface area contributed by atoms with Gasteiger partial charge in [-0.25, -0.2) is 9.18 Å². The molecule has 3 amide bonds. The van der Waals surface area contributed by atoms with Gasteiger partial charge in [-0.2, -0.15) is 0 Å². The molecule has 6 heteroatoms. The Kier molecular flexibility index (Phi) is 4.97. The molecule has 0 bridgehead atoms. The van der Waals surface area contributed by atoms with Gasteiger partial charge in [0.2, 0.25) is 5.91 Å². The lowest BCUT2D eigenvalue weighted by atomic mass is 10.1. The van der Waals surface area contributed by atoms with Crippen molar-refractivity contribution < 1.29 is 14.0 Å². The third-order valence-electron chi connectivity index (χ3n) is 5.11. The zero-order valence-electron chi connectivity index (χ0n) is 15.0. The zero-order chi connectivity index (χ0) is 18.1. The smallest absolute Gasteiger partial charge is 0.318 e. The summed E-state index contributed by atoms with van der Waals surface area (Å²) < 4.78 is 14.1. The number of hydrogen-bond donors (Lipinski definition) is 1. The summed E-state index contributed by atoms with van der Waals surface area (Å²) in [5.74, 6) is -0.339. The van der Waals surface area contributed by atoms with Crippen LogP contribution in [0.4, 0.5) is 9.18 Å². The summed E-state index contributed by atoms with van der Waals surface area (Å²) in [5.41, 5.74) is 0.506. The molecule has 1 aliphatic carbocycles. The second-order valence-corrected chi connectivity index (χ2v) is 7.25. The maximum absolute atomic E-state index is 14.1. The second kappa shape index (κ2) is 7.02. The van der Waals surface area contributed by atoms with Crippen LogP contribution in [0.3, 0.4) is 0 Å². The normalized spacial score (nSPS) is 21.6. The van der Waals surface area contributed by atoms with E-state index in [9.17, 15) is 14.0 Å². The highest BCUT2D eigenvalue weighted by molar-refractivity contribution is 5.89. The van der Waals surface area contributed by atoms with Gasteiger partial charge >= 0.3 is 6.03 Å². The number of halogens is 1. The molecular weight excluding hydrogens is 321 g/mol. The lowest BCUT2D eigenvalue weighted by Crippen LogP contribution is -2.50. The highest BCUT2D eigenvalue weighted by atomic mass is 19.1. The topological polar surface area (TPSA) is 52.7 Å². The van der Waals surface area contributed by atoms with Gasteiger partial charge in [0.15, 0.2) is 0 Å². The first-order chi connectivity index (χ1) is 11.9. The van der Waals surface area contributed by atoms with Gasteiger partial charge in [0.25, 0.3) is 0 Å². The molecule has 2 atom stereocenters. The Hall–Kier alpha value is -2.11. The SMILES string of the molecule is CC(C)N1CC[C@@H](NC(=O)N(C2CC2)[C@@H](C)c2ccccc2F)C1=O. The predicted molar refractivity (Wildman–Crippen MR) is 93.5 cm³/mol. The average Bonchev–Trinajstić information content (AvgIpc) is 3.32. The highest BCUT2D eigenvalue weighted by Gasteiger charge is 2.40. The van der Waals surface area contributed by atoms with Crippen LogP contribution in [0.5, 0.6) is 0 Å². The van der Waals surface area contributed by atoms with E-state index in [4.69, 9.17) is 0 Å². The molecule has 2 fully saturated rings. The molecule has 0 unspecified atom stereocenters. The summed E-state index contributed by atoms with van der Waals surface area (Å²) in [6, 6.07) is 5.67. The van der Waals surface area contributed by atoms with Gasteiger partial charge in [0.05, 0.1) is 6.04 Å². The van der Waals surface area contributed by atoms with Gasteiger partial charge in [-0.15, -0.1) is 0 Å².